The van der Waals surface area contributed by atoms with Crippen LogP contribution in [0.3, 0.4) is 0 Å². The molecular formula is C17H27N3S. The number of thiazole rings is 1. The lowest BCUT2D eigenvalue weighted by Crippen LogP contribution is -2.20. The molecule has 1 N–H and O–H groups in total. The summed E-state index contributed by atoms with van der Waals surface area (Å²) in [6, 6.07) is 2.72. The molecule has 0 aromatic carbocycles. The van der Waals surface area contributed by atoms with Crippen LogP contribution in [0, 0.1) is 0 Å². The summed E-state index contributed by atoms with van der Waals surface area (Å²) in [6.45, 7) is 8.51. The number of nitrogens with zero attached hydrogens (tertiary/aromatic N) is 2. The molecule has 1 atom stereocenters. The van der Waals surface area contributed by atoms with Gasteiger partial charge in [-0.15, -0.1) is 11.3 Å². The van der Waals surface area contributed by atoms with Crippen LogP contribution in [0.15, 0.2) is 23.8 Å². The second kappa shape index (κ2) is 8.35. The SMILES string of the molecule is CCCc1nc(Cn2ccc(C(CCC)NCC)c2)cs1. The molecule has 2 heterocycles. The van der Waals surface area contributed by atoms with Gasteiger partial charge in [-0.1, -0.05) is 27.2 Å². The lowest BCUT2D eigenvalue weighted by molar-refractivity contribution is 0.508. The Morgan fingerprint density at radius 2 is 2.14 bits per heavy atom. The van der Waals surface area contributed by atoms with Gasteiger partial charge in [0, 0.05) is 23.8 Å². The summed E-state index contributed by atoms with van der Waals surface area (Å²) in [5, 5.41) is 7.02. The monoisotopic (exact) mass is 305 g/mol. The molecule has 0 saturated heterocycles. The topological polar surface area (TPSA) is 29.9 Å². The standard InChI is InChI=1S/C17H27N3S/c1-4-7-16(18-6-3)14-9-10-20(11-14)12-15-13-21-17(19-15)8-5-2/h9-11,13,16,18H,4-8,12H2,1-3H3. The summed E-state index contributed by atoms with van der Waals surface area (Å²) in [5.41, 5.74) is 2.57. The van der Waals surface area contributed by atoms with Crippen molar-refractivity contribution in [3.05, 3.63) is 40.1 Å². The van der Waals surface area contributed by atoms with Crippen LogP contribution in [0.1, 0.15) is 62.3 Å². The Morgan fingerprint density at radius 1 is 1.29 bits per heavy atom. The van der Waals surface area contributed by atoms with E-state index in [9.17, 15) is 0 Å². The molecule has 0 aliphatic carbocycles. The lowest BCUT2D eigenvalue weighted by Gasteiger charge is -2.15. The van der Waals surface area contributed by atoms with Crippen LogP contribution < -0.4 is 5.32 Å². The van der Waals surface area contributed by atoms with E-state index in [-0.39, 0.29) is 0 Å². The third-order valence-corrected chi connectivity index (χ3v) is 4.57. The average molecular weight is 305 g/mol. The van der Waals surface area contributed by atoms with E-state index in [2.05, 4.69) is 54.5 Å². The van der Waals surface area contributed by atoms with Crippen molar-refractivity contribution < 1.29 is 0 Å². The first-order valence-electron chi connectivity index (χ1n) is 8.09. The minimum atomic E-state index is 0.479. The molecule has 116 valence electrons. The van der Waals surface area contributed by atoms with Crippen LogP contribution in [-0.4, -0.2) is 16.1 Å². The molecule has 0 spiro atoms. The first-order valence-corrected chi connectivity index (χ1v) is 8.97. The fourth-order valence-electron chi connectivity index (χ4n) is 2.62. The maximum absolute atomic E-state index is 4.70. The Morgan fingerprint density at radius 3 is 2.86 bits per heavy atom. The summed E-state index contributed by atoms with van der Waals surface area (Å²) in [5.74, 6) is 0. The lowest BCUT2D eigenvalue weighted by atomic mass is 10.1. The Balaban J connectivity index is 2.00. The van der Waals surface area contributed by atoms with E-state index < -0.39 is 0 Å². The molecule has 4 heteroatoms. The van der Waals surface area contributed by atoms with Crippen LogP contribution in [0.2, 0.25) is 0 Å². The van der Waals surface area contributed by atoms with E-state index in [1.54, 1.807) is 11.3 Å². The van der Waals surface area contributed by atoms with Crippen molar-refractivity contribution in [2.24, 2.45) is 0 Å². The van der Waals surface area contributed by atoms with Gasteiger partial charge in [-0.05, 0) is 37.4 Å². The second-order valence-corrected chi connectivity index (χ2v) is 6.44. The van der Waals surface area contributed by atoms with Gasteiger partial charge in [0.05, 0.1) is 17.2 Å². The smallest absolute Gasteiger partial charge is 0.0928 e. The molecule has 2 rings (SSSR count). The quantitative estimate of drug-likeness (QED) is 0.744. The van der Waals surface area contributed by atoms with Crippen molar-refractivity contribution >= 4 is 11.3 Å². The highest BCUT2D eigenvalue weighted by molar-refractivity contribution is 7.09. The molecule has 3 nitrogen and oxygen atoms in total. The molecule has 0 aliphatic rings. The molecule has 2 aromatic heterocycles. The molecule has 1 unspecified atom stereocenters. The van der Waals surface area contributed by atoms with Gasteiger partial charge in [0.2, 0.25) is 0 Å². The predicted molar refractivity (Wildman–Crippen MR) is 91.0 cm³/mol. The number of rotatable bonds is 9. The Hall–Kier alpha value is -1.13. The fourth-order valence-corrected chi connectivity index (χ4v) is 3.51. The van der Waals surface area contributed by atoms with Crippen molar-refractivity contribution in [1.82, 2.24) is 14.9 Å². The van der Waals surface area contributed by atoms with Crippen molar-refractivity contribution in [3.63, 3.8) is 0 Å². The van der Waals surface area contributed by atoms with Crippen molar-refractivity contribution in [3.8, 4) is 0 Å². The second-order valence-electron chi connectivity index (χ2n) is 5.50. The molecule has 0 bridgehead atoms. The first kappa shape index (κ1) is 16.2. The predicted octanol–water partition coefficient (Wildman–Crippen LogP) is 4.40. The minimum absolute atomic E-state index is 0.479. The van der Waals surface area contributed by atoms with Crippen molar-refractivity contribution in [2.75, 3.05) is 6.54 Å². The van der Waals surface area contributed by atoms with E-state index in [0.29, 0.717) is 6.04 Å². The summed E-state index contributed by atoms with van der Waals surface area (Å²) in [7, 11) is 0. The molecule has 0 saturated carbocycles. The van der Waals surface area contributed by atoms with Crippen molar-refractivity contribution in [1.29, 1.82) is 0 Å². The highest BCUT2D eigenvalue weighted by Gasteiger charge is 2.11. The summed E-state index contributed by atoms with van der Waals surface area (Å²) >= 11 is 1.79. The summed E-state index contributed by atoms with van der Waals surface area (Å²) in [4.78, 5) is 4.70. The van der Waals surface area contributed by atoms with E-state index in [0.717, 1.165) is 19.5 Å². The highest BCUT2D eigenvalue weighted by atomic mass is 32.1. The molecule has 2 aromatic rings. The maximum atomic E-state index is 4.70. The molecule has 0 radical (unpaired) electrons. The summed E-state index contributed by atoms with van der Waals surface area (Å²) in [6.07, 6.45) is 9.10. The van der Waals surface area contributed by atoms with Gasteiger partial charge in [0.25, 0.3) is 0 Å². The zero-order valence-electron chi connectivity index (χ0n) is 13.4. The number of hydrogen-bond donors (Lipinski definition) is 1. The van der Waals surface area contributed by atoms with E-state index in [1.165, 1.54) is 35.5 Å². The van der Waals surface area contributed by atoms with Gasteiger partial charge in [0.15, 0.2) is 0 Å². The minimum Gasteiger partial charge on any atom is -0.348 e. The van der Waals surface area contributed by atoms with E-state index in [1.807, 2.05) is 0 Å². The number of hydrogen-bond acceptors (Lipinski definition) is 3. The van der Waals surface area contributed by atoms with Gasteiger partial charge in [-0.3, -0.25) is 0 Å². The maximum Gasteiger partial charge on any atom is 0.0928 e. The van der Waals surface area contributed by atoms with Gasteiger partial charge < -0.3 is 9.88 Å². The van der Waals surface area contributed by atoms with E-state index in [4.69, 9.17) is 4.98 Å². The van der Waals surface area contributed by atoms with Gasteiger partial charge in [-0.25, -0.2) is 4.98 Å². The van der Waals surface area contributed by atoms with Gasteiger partial charge in [-0.2, -0.15) is 0 Å². The third-order valence-electron chi connectivity index (χ3n) is 3.61. The number of aromatic nitrogens is 2. The number of nitrogens with one attached hydrogen (secondary N) is 1. The zero-order chi connectivity index (χ0) is 15.1. The van der Waals surface area contributed by atoms with Gasteiger partial charge >= 0.3 is 0 Å². The van der Waals surface area contributed by atoms with Crippen LogP contribution in [0.5, 0.6) is 0 Å². The zero-order valence-corrected chi connectivity index (χ0v) is 14.2. The van der Waals surface area contributed by atoms with Crippen LogP contribution in [-0.2, 0) is 13.0 Å². The molecule has 0 fully saturated rings. The van der Waals surface area contributed by atoms with Crippen LogP contribution in [0.25, 0.3) is 0 Å². The van der Waals surface area contributed by atoms with Crippen LogP contribution >= 0.6 is 11.3 Å². The first-order chi connectivity index (χ1) is 10.3. The number of aryl methyl sites for hydroxylation is 1. The van der Waals surface area contributed by atoms with E-state index >= 15 is 0 Å². The fraction of sp³-hybridized carbons (Fsp3) is 0.588. The third kappa shape index (κ3) is 4.68. The average Bonchev–Trinajstić information content (AvgIpc) is 3.09. The molecule has 0 aliphatic heterocycles. The Labute approximate surface area is 132 Å². The van der Waals surface area contributed by atoms with Gasteiger partial charge in [0.1, 0.15) is 0 Å². The van der Waals surface area contributed by atoms with Crippen LogP contribution in [0.4, 0.5) is 0 Å². The Bertz CT molecular complexity index is 524. The molecule has 21 heavy (non-hydrogen) atoms. The Kier molecular flexibility index (Phi) is 6.46. The molecule has 0 amide bonds. The summed E-state index contributed by atoms with van der Waals surface area (Å²) < 4.78 is 2.25. The van der Waals surface area contributed by atoms with Crippen molar-refractivity contribution in [2.45, 2.75) is 59.0 Å². The normalized spacial score (nSPS) is 12.7. The largest absolute Gasteiger partial charge is 0.348 e. The highest BCUT2D eigenvalue weighted by Crippen LogP contribution is 2.20. The molecular weight excluding hydrogens is 278 g/mol.